The molecular weight excluding hydrogens is 222 g/mol. The van der Waals surface area contributed by atoms with Crippen LogP contribution in [0.4, 0.5) is 0 Å². The first-order valence-electron chi connectivity index (χ1n) is 7.10. The summed E-state index contributed by atoms with van der Waals surface area (Å²) in [6, 6.07) is 8.47. The van der Waals surface area contributed by atoms with Crippen LogP contribution in [0.25, 0.3) is 0 Å². The molecule has 0 saturated carbocycles. The van der Waals surface area contributed by atoms with E-state index in [-0.39, 0.29) is 0 Å². The molecule has 1 atom stereocenters. The molecule has 0 aliphatic carbocycles. The van der Waals surface area contributed by atoms with Gasteiger partial charge in [0.2, 0.25) is 0 Å². The Hall–Kier alpha value is -1.02. The fourth-order valence-electron chi connectivity index (χ4n) is 2.72. The van der Waals surface area contributed by atoms with Gasteiger partial charge in [-0.2, -0.15) is 0 Å². The highest BCUT2D eigenvalue weighted by Crippen LogP contribution is 2.24. The smallest absolute Gasteiger partial charge is 0.118 e. The van der Waals surface area contributed by atoms with Crippen molar-refractivity contribution in [1.82, 2.24) is 5.32 Å². The van der Waals surface area contributed by atoms with Crippen LogP contribution in [0.1, 0.15) is 44.6 Å². The van der Waals surface area contributed by atoms with Crippen LogP contribution in [0.3, 0.4) is 0 Å². The van der Waals surface area contributed by atoms with Crippen LogP contribution in [0.15, 0.2) is 24.3 Å². The standard InChI is InChI=1S/C16H25NO/c1-16(11-4-3-5-13-17-16)12-10-14-6-8-15(18-2)9-7-14/h6-9,17H,3-5,10-13H2,1-2H3. The van der Waals surface area contributed by atoms with Crippen LogP contribution in [-0.4, -0.2) is 19.2 Å². The van der Waals surface area contributed by atoms with Crippen molar-refractivity contribution in [2.45, 2.75) is 51.0 Å². The molecule has 18 heavy (non-hydrogen) atoms. The van der Waals surface area contributed by atoms with E-state index in [0.717, 1.165) is 12.2 Å². The number of benzene rings is 1. The predicted molar refractivity (Wildman–Crippen MR) is 76.2 cm³/mol. The van der Waals surface area contributed by atoms with Gasteiger partial charge in [0.05, 0.1) is 7.11 Å². The number of nitrogens with one attached hydrogen (secondary N) is 1. The maximum absolute atomic E-state index is 5.19. The fraction of sp³-hybridized carbons (Fsp3) is 0.625. The molecule has 1 aromatic rings. The number of rotatable bonds is 4. The molecule has 1 aliphatic rings. The van der Waals surface area contributed by atoms with Crippen LogP contribution in [0.2, 0.25) is 0 Å². The topological polar surface area (TPSA) is 21.3 Å². The van der Waals surface area contributed by atoms with E-state index in [2.05, 4.69) is 36.5 Å². The third kappa shape index (κ3) is 3.74. The average molecular weight is 247 g/mol. The van der Waals surface area contributed by atoms with E-state index in [1.165, 1.54) is 44.2 Å². The lowest BCUT2D eigenvalue weighted by molar-refractivity contribution is 0.324. The lowest BCUT2D eigenvalue weighted by Gasteiger charge is -2.29. The Kier molecular flexibility index (Phi) is 4.65. The second kappa shape index (κ2) is 6.24. The van der Waals surface area contributed by atoms with Crippen molar-refractivity contribution in [3.05, 3.63) is 29.8 Å². The van der Waals surface area contributed by atoms with Crippen LogP contribution in [0.5, 0.6) is 5.75 Å². The third-order valence-electron chi connectivity index (χ3n) is 4.08. The van der Waals surface area contributed by atoms with Crippen molar-refractivity contribution in [3.63, 3.8) is 0 Å². The van der Waals surface area contributed by atoms with Gasteiger partial charge in [-0.15, -0.1) is 0 Å². The minimum atomic E-state index is 0.330. The second-order valence-corrected chi connectivity index (χ2v) is 5.65. The van der Waals surface area contributed by atoms with E-state index in [1.54, 1.807) is 7.11 Å². The molecule has 0 spiro atoms. The third-order valence-corrected chi connectivity index (χ3v) is 4.08. The summed E-state index contributed by atoms with van der Waals surface area (Å²) in [6.45, 7) is 3.56. The Labute approximate surface area is 111 Å². The summed E-state index contributed by atoms with van der Waals surface area (Å²) >= 11 is 0. The van der Waals surface area contributed by atoms with Crippen molar-refractivity contribution in [3.8, 4) is 5.75 Å². The summed E-state index contributed by atoms with van der Waals surface area (Å²) in [4.78, 5) is 0. The van der Waals surface area contributed by atoms with Crippen molar-refractivity contribution >= 4 is 0 Å². The van der Waals surface area contributed by atoms with Gasteiger partial charge in [0.15, 0.2) is 0 Å². The molecular formula is C16H25NO. The molecule has 2 heteroatoms. The summed E-state index contributed by atoms with van der Waals surface area (Å²) in [5, 5.41) is 3.73. The Morgan fingerprint density at radius 2 is 1.94 bits per heavy atom. The second-order valence-electron chi connectivity index (χ2n) is 5.65. The van der Waals surface area contributed by atoms with Gasteiger partial charge in [-0.1, -0.05) is 25.0 Å². The normalized spacial score (nSPS) is 24.6. The molecule has 2 rings (SSSR count). The van der Waals surface area contributed by atoms with Crippen LogP contribution in [0, 0.1) is 0 Å². The quantitative estimate of drug-likeness (QED) is 0.878. The summed E-state index contributed by atoms with van der Waals surface area (Å²) < 4.78 is 5.19. The van der Waals surface area contributed by atoms with E-state index in [9.17, 15) is 0 Å². The van der Waals surface area contributed by atoms with Crippen LogP contribution >= 0.6 is 0 Å². The fourth-order valence-corrected chi connectivity index (χ4v) is 2.72. The maximum Gasteiger partial charge on any atom is 0.118 e. The summed E-state index contributed by atoms with van der Waals surface area (Å²) in [5.41, 5.74) is 1.74. The lowest BCUT2D eigenvalue weighted by Crippen LogP contribution is -2.41. The SMILES string of the molecule is COc1ccc(CCC2(C)CCCCCN2)cc1. The van der Waals surface area contributed by atoms with Crippen molar-refractivity contribution in [2.24, 2.45) is 0 Å². The number of hydrogen-bond donors (Lipinski definition) is 1. The first-order chi connectivity index (χ1) is 8.72. The lowest BCUT2D eigenvalue weighted by atomic mass is 9.89. The Balaban J connectivity index is 1.88. The van der Waals surface area contributed by atoms with E-state index >= 15 is 0 Å². The molecule has 1 fully saturated rings. The number of aryl methyl sites for hydroxylation is 1. The van der Waals surface area contributed by atoms with Crippen molar-refractivity contribution < 1.29 is 4.74 Å². The minimum absolute atomic E-state index is 0.330. The maximum atomic E-state index is 5.19. The summed E-state index contributed by atoms with van der Waals surface area (Å²) in [5.74, 6) is 0.942. The number of hydrogen-bond acceptors (Lipinski definition) is 2. The van der Waals surface area contributed by atoms with Gasteiger partial charge in [0.25, 0.3) is 0 Å². The molecule has 0 bridgehead atoms. The Morgan fingerprint density at radius 1 is 1.17 bits per heavy atom. The zero-order valence-corrected chi connectivity index (χ0v) is 11.7. The van der Waals surface area contributed by atoms with Crippen molar-refractivity contribution in [2.75, 3.05) is 13.7 Å². The van der Waals surface area contributed by atoms with Gasteiger partial charge in [0, 0.05) is 5.54 Å². The summed E-state index contributed by atoms with van der Waals surface area (Å²) in [6.07, 6.45) is 7.76. The number of ether oxygens (including phenoxy) is 1. The highest BCUT2D eigenvalue weighted by molar-refractivity contribution is 5.27. The van der Waals surface area contributed by atoms with Gasteiger partial charge >= 0.3 is 0 Å². The van der Waals surface area contributed by atoms with Gasteiger partial charge in [-0.05, 0) is 56.8 Å². The minimum Gasteiger partial charge on any atom is -0.497 e. The Morgan fingerprint density at radius 3 is 2.67 bits per heavy atom. The average Bonchev–Trinajstić information content (AvgIpc) is 2.62. The molecule has 2 nitrogen and oxygen atoms in total. The molecule has 0 radical (unpaired) electrons. The molecule has 0 amide bonds. The van der Waals surface area contributed by atoms with E-state index < -0.39 is 0 Å². The zero-order valence-electron chi connectivity index (χ0n) is 11.7. The van der Waals surface area contributed by atoms with Gasteiger partial charge in [0.1, 0.15) is 5.75 Å². The van der Waals surface area contributed by atoms with E-state index in [0.29, 0.717) is 5.54 Å². The molecule has 1 aromatic carbocycles. The first kappa shape index (κ1) is 13.4. The summed E-state index contributed by atoms with van der Waals surface area (Å²) in [7, 11) is 1.71. The zero-order chi connectivity index (χ0) is 12.8. The highest BCUT2D eigenvalue weighted by Gasteiger charge is 2.24. The molecule has 1 unspecified atom stereocenters. The van der Waals surface area contributed by atoms with Crippen molar-refractivity contribution in [1.29, 1.82) is 0 Å². The van der Waals surface area contributed by atoms with Crippen LogP contribution < -0.4 is 10.1 Å². The van der Waals surface area contributed by atoms with Gasteiger partial charge in [-0.3, -0.25) is 0 Å². The Bertz CT molecular complexity index is 350. The monoisotopic (exact) mass is 247 g/mol. The van der Waals surface area contributed by atoms with Gasteiger partial charge in [-0.25, -0.2) is 0 Å². The predicted octanol–water partition coefficient (Wildman–Crippen LogP) is 3.55. The first-order valence-corrected chi connectivity index (χ1v) is 7.10. The molecule has 0 aromatic heterocycles. The molecule has 1 aliphatic heterocycles. The van der Waals surface area contributed by atoms with Gasteiger partial charge < -0.3 is 10.1 Å². The van der Waals surface area contributed by atoms with Crippen LogP contribution in [-0.2, 0) is 6.42 Å². The highest BCUT2D eigenvalue weighted by atomic mass is 16.5. The molecule has 100 valence electrons. The number of methoxy groups -OCH3 is 1. The molecule has 1 N–H and O–H groups in total. The molecule has 1 saturated heterocycles. The molecule has 1 heterocycles. The van der Waals surface area contributed by atoms with E-state index in [1.807, 2.05) is 0 Å². The van der Waals surface area contributed by atoms with E-state index in [4.69, 9.17) is 4.74 Å². The largest absolute Gasteiger partial charge is 0.497 e.